The molecule has 4 rings (SSSR count). The summed E-state index contributed by atoms with van der Waals surface area (Å²) in [6.07, 6.45) is -2.14. The fourth-order valence-electron chi connectivity index (χ4n) is 5.34. The first-order valence-corrected chi connectivity index (χ1v) is 13.5. The number of allylic oxidation sites excluding steroid dienone is 1. The zero-order chi connectivity index (χ0) is 32.2. The van der Waals surface area contributed by atoms with Crippen molar-refractivity contribution in [2.24, 2.45) is 5.73 Å². The van der Waals surface area contributed by atoms with Crippen molar-refractivity contribution >= 4 is 23.6 Å². The van der Waals surface area contributed by atoms with Crippen LogP contribution in [-0.2, 0) is 35.1 Å². The van der Waals surface area contributed by atoms with Gasteiger partial charge in [-0.05, 0) is 48.4 Å². The number of esters is 1. The van der Waals surface area contributed by atoms with Gasteiger partial charge in [-0.1, -0.05) is 18.2 Å². The number of carbonyl (C=O) groups excluding carboxylic acids is 2. The number of aryl methyl sites for hydroxylation is 2. The first-order valence-electron chi connectivity index (χ1n) is 13.5. The van der Waals surface area contributed by atoms with Crippen LogP contribution in [0.2, 0.25) is 0 Å². The third-order valence-corrected chi connectivity index (χ3v) is 7.36. The smallest absolute Gasteiger partial charge is 0.416 e. The summed E-state index contributed by atoms with van der Waals surface area (Å²) in [6, 6.07) is 14.0. The lowest BCUT2D eigenvalue weighted by Crippen LogP contribution is -2.55. The Kier molecular flexibility index (Phi) is 9.35. The van der Waals surface area contributed by atoms with E-state index in [-0.39, 0.29) is 23.6 Å². The maximum Gasteiger partial charge on any atom is 0.416 e. The Morgan fingerprint density at radius 2 is 1.89 bits per heavy atom. The fourth-order valence-corrected chi connectivity index (χ4v) is 5.34. The molecule has 0 unspecified atom stereocenters. The highest BCUT2D eigenvalue weighted by atomic mass is 19.4. The number of hydrogen-bond donors (Lipinski definition) is 3. The van der Waals surface area contributed by atoms with Crippen LogP contribution in [0, 0.1) is 16.7 Å². The Hall–Kier alpha value is -5.22. The normalized spacial score (nSPS) is 15.3. The lowest BCUT2D eigenvalue weighted by Gasteiger charge is -2.43. The van der Waals surface area contributed by atoms with Crippen molar-refractivity contribution in [3.05, 3.63) is 106 Å². The van der Waals surface area contributed by atoms with E-state index in [1.165, 1.54) is 19.1 Å². The number of methoxy groups -OCH3 is 1. The topological polar surface area (TPSA) is 148 Å². The van der Waals surface area contributed by atoms with E-state index >= 15 is 0 Å². The molecule has 44 heavy (non-hydrogen) atoms. The van der Waals surface area contributed by atoms with E-state index in [9.17, 15) is 33.1 Å². The van der Waals surface area contributed by atoms with E-state index in [0.717, 1.165) is 40.8 Å². The number of nitrogens with two attached hydrogens (primary N) is 1. The number of guanidine groups is 1. The molecular weight excluding hydrogens is 577 g/mol. The standard InChI is InChI=1S/C31H29F3N6O4/c1-19-26(28(42)44-2)27(40(30(37)43)29(36)39(19)24-8-5-6-22(17-24)31(32,33)34)25-10-9-20(18-35)16-21(25)11-14-38-13-4-3-7-23(38)12-15-41/h3-10,13,16-17,27,36,41H,11-12,14-15H2,1-2H3,(H-,37,43)/p+1/t27-/m1/s1. The molecule has 4 N–H and O–H groups in total. The van der Waals surface area contributed by atoms with Crippen LogP contribution in [0.5, 0.6) is 0 Å². The van der Waals surface area contributed by atoms with Gasteiger partial charge in [-0.15, -0.1) is 0 Å². The van der Waals surface area contributed by atoms with Crippen molar-refractivity contribution < 1.29 is 37.2 Å². The maximum absolute atomic E-state index is 13.6. The SMILES string of the molecule is COC(=O)C1=C(C)N(c2cccc(C(F)(F)F)c2)C(=N)N(C(N)=O)[C@@H]1c1ccc(C#N)cc1CC[n+]1ccccc1CCO. The molecule has 0 saturated heterocycles. The third kappa shape index (κ3) is 6.25. The lowest BCUT2D eigenvalue weighted by atomic mass is 9.88. The average molecular weight is 608 g/mol. The van der Waals surface area contributed by atoms with Gasteiger partial charge in [-0.25, -0.2) is 14.2 Å². The molecule has 2 amide bonds. The zero-order valence-corrected chi connectivity index (χ0v) is 23.9. The number of aliphatic hydroxyl groups excluding tert-OH is 1. The molecule has 0 saturated carbocycles. The molecule has 1 aromatic heterocycles. The minimum absolute atomic E-state index is 0.0571. The van der Waals surface area contributed by atoms with Gasteiger partial charge >= 0.3 is 18.2 Å². The minimum atomic E-state index is -4.69. The second kappa shape index (κ2) is 13.0. The first-order chi connectivity index (χ1) is 20.9. The molecule has 1 aliphatic rings. The Labute approximate surface area is 251 Å². The van der Waals surface area contributed by atoms with Gasteiger partial charge in [-0.3, -0.25) is 15.2 Å². The summed E-state index contributed by atoms with van der Waals surface area (Å²) in [5, 5.41) is 28.1. The Balaban J connectivity index is 1.91. The van der Waals surface area contributed by atoms with E-state index in [1.54, 1.807) is 12.1 Å². The number of primary amides is 1. The molecule has 13 heteroatoms. The second-order valence-electron chi connectivity index (χ2n) is 9.94. The average Bonchev–Trinajstić information content (AvgIpc) is 2.99. The van der Waals surface area contributed by atoms with E-state index in [2.05, 4.69) is 6.07 Å². The number of urea groups is 1. The number of nitrogens with one attached hydrogen (secondary N) is 1. The summed E-state index contributed by atoms with van der Waals surface area (Å²) in [4.78, 5) is 28.2. The summed E-state index contributed by atoms with van der Waals surface area (Å²) < 4.78 is 47.7. The van der Waals surface area contributed by atoms with Gasteiger partial charge in [0.25, 0.3) is 0 Å². The molecule has 0 radical (unpaired) electrons. The number of nitrogens with zero attached hydrogens (tertiary/aromatic N) is 4. The second-order valence-corrected chi connectivity index (χ2v) is 9.94. The third-order valence-electron chi connectivity index (χ3n) is 7.36. The molecule has 0 fully saturated rings. The van der Waals surface area contributed by atoms with Gasteiger partial charge < -0.3 is 15.6 Å². The molecule has 0 spiro atoms. The molecule has 2 aromatic carbocycles. The lowest BCUT2D eigenvalue weighted by molar-refractivity contribution is -0.703. The number of anilines is 1. The highest BCUT2D eigenvalue weighted by Gasteiger charge is 2.44. The van der Waals surface area contributed by atoms with Crippen LogP contribution in [0.3, 0.4) is 0 Å². The number of nitriles is 1. The van der Waals surface area contributed by atoms with Crippen LogP contribution in [-0.4, -0.2) is 41.7 Å². The van der Waals surface area contributed by atoms with Gasteiger partial charge in [0.2, 0.25) is 5.96 Å². The number of aromatic nitrogens is 1. The fraction of sp³-hybridized carbons (Fsp3) is 0.258. The molecule has 1 aliphatic heterocycles. The van der Waals surface area contributed by atoms with Crippen LogP contribution in [0.1, 0.15) is 40.9 Å². The predicted octanol–water partition coefficient (Wildman–Crippen LogP) is 3.97. The van der Waals surface area contributed by atoms with E-state index in [4.69, 9.17) is 15.9 Å². The quantitative estimate of drug-likeness (QED) is 0.261. The Bertz CT molecular complexity index is 1680. The molecule has 3 aromatic rings. The highest BCUT2D eigenvalue weighted by Crippen LogP contribution is 2.42. The van der Waals surface area contributed by atoms with Crippen LogP contribution < -0.4 is 15.2 Å². The predicted molar refractivity (Wildman–Crippen MR) is 153 cm³/mol. The van der Waals surface area contributed by atoms with Crippen molar-refractivity contribution in [3.8, 4) is 6.07 Å². The summed E-state index contributed by atoms with van der Waals surface area (Å²) in [6.45, 7) is 1.77. The van der Waals surface area contributed by atoms with Crippen LogP contribution >= 0.6 is 0 Å². The number of amides is 2. The first kappa shape index (κ1) is 31.7. The number of halogens is 3. The summed E-state index contributed by atoms with van der Waals surface area (Å²) in [7, 11) is 1.12. The molecule has 228 valence electrons. The Morgan fingerprint density at radius 1 is 1.14 bits per heavy atom. The molecule has 2 heterocycles. The van der Waals surface area contributed by atoms with E-state index < -0.39 is 35.7 Å². The van der Waals surface area contributed by atoms with Crippen molar-refractivity contribution in [3.63, 3.8) is 0 Å². The number of alkyl halides is 3. The van der Waals surface area contributed by atoms with Gasteiger partial charge in [0.05, 0.1) is 42.9 Å². The van der Waals surface area contributed by atoms with Crippen LogP contribution in [0.25, 0.3) is 0 Å². The number of carbonyl (C=O) groups is 2. The van der Waals surface area contributed by atoms with Crippen molar-refractivity contribution in [1.82, 2.24) is 4.90 Å². The number of ether oxygens (including phenoxy) is 1. The zero-order valence-electron chi connectivity index (χ0n) is 23.9. The van der Waals surface area contributed by atoms with Crippen LogP contribution in [0.15, 0.2) is 78.1 Å². The summed E-state index contributed by atoms with van der Waals surface area (Å²) in [5.74, 6) is -1.47. The van der Waals surface area contributed by atoms with Gasteiger partial charge in [0.1, 0.15) is 6.04 Å². The number of benzene rings is 2. The number of hydrogen-bond acceptors (Lipinski definition) is 6. The monoisotopic (exact) mass is 607 g/mol. The minimum Gasteiger partial charge on any atom is -0.466 e. The summed E-state index contributed by atoms with van der Waals surface area (Å²) in [5.41, 5.74) is 6.69. The molecule has 1 atom stereocenters. The van der Waals surface area contributed by atoms with Crippen LogP contribution in [0.4, 0.5) is 23.7 Å². The van der Waals surface area contributed by atoms with Crippen molar-refractivity contribution in [2.45, 2.75) is 38.5 Å². The van der Waals surface area contributed by atoms with Gasteiger partial charge in [0, 0.05) is 29.9 Å². The molecule has 0 bridgehead atoms. The van der Waals surface area contributed by atoms with Crippen molar-refractivity contribution in [2.75, 3.05) is 18.6 Å². The molecule has 10 nitrogen and oxygen atoms in total. The number of pyridine rings is 1. The maximum atomic E-state index is 13.6. The number of rotatable bonds is 8. The van der Waals surface area contributed by atoms with Gasteiger partial charge in [-0.2, -0.15) is 18.4 Å². The Morgan fingerprint density at radius 3 is 2.52 bits per heavy atom. The van der Waals surface area contributed by atoms with E-state index in [1.807, 2.05) is 29.0 Å². The summed E-state index contributed by atoms with van der Waals surface area (Å²) >= 11 is 0. The molecule has 0 aliphatic carbocycles. The molecular formula is C31H30F3N6O4+. The highest BCUT2D eigenvalue weighted by molar-refractivity contribution is 6.10. The number of aliphatic hydroxyl groups is 1. The largest absolute Gasteiger partial charge is 0.466 e. The van der Waals surface area contributed by atoms with E-state index in [0.29, 0.717) is 36.1 Å². The van der Waals surface area contributed by atoms with Gasteiger partial charge in [0.15, 0.2) is 18.4 Å². The van der Waals surface area contributed by atoms with Crippen molar-refractivity contribution in [1.29, 1.82) is 10.7 Å².